The first-order valence-electron chi connectivity index (χ1n) is 6.65. The average molecular weight is 377 g/mol. The van der Waals surface area contributed by atoms with Gasteiger partial charge in [0.25, 0.3) is 0 Å². The lowest BCUT2D eigenvalue weighted by molar-refractivity contribution is 0.0696. The monoisotopic (exact) mass is 376 g/mol. The Morgan fingerprint density at radius 3 is 2.67 bits per heavy atom. The Balaban J connectivity index is 2.09. The molecule has 1 aliphatic rings. The Hall–Kier alpha value is -1.08. The van der Waals surface area contributed by atoms with Crippen LogP contribution in [0, 0.1) is 0 Å². The topological polar surface area (TPSA) is 80.7 Å². The minimum absolute atomic E-state index is 0.162. The van der Waals surface area contributed by atoms with Crippen molar-refractivity contribution in [3.8, 4) is 5.75 Å². The molecule has 1 saturated carbocycles. The maximum Gasteiger partial charge on any atom is 0.335 e. The van der Waals surface area contributed by atoms with Crippen LogP contribution in [0.4, 0.5) is 0 Å². The van der Waals surface area contributed by atoms with E-state index in [0.717, 1.165) is 12.8 Å². The predicted octanol–water partition coefficient (Wildman–Crippen LogP) is 2.88. The van der Waals surface area contributed by atoms with Crippen LogP contribution in [0.5, 0.6) is 5.75 Å². The van der Waals surface area contributed by atoms with Crippen molar-refractivity contribution in [2.45, 2.75) is 37.0 Å². The van der Waals surface area contributed by atoms with E-state index in [2.05, 4.69) is 15.9 Å². The second-order valence-corrected chi connectivity index (χ2v) is 8.49. The van der Waals surface area contributed by atoms with Crippen molar-refractivity contribution in [2.24, 2.45) is 0 Å². The normalized spacial score (nSPS) is 22.8. The van der Waals surface area contributed by atoms with E-state index in [1.807, 2.05) is 0 Å². The molecule has 7 heteroatoms. The maximum atomic E-state index is 11.6. The van der Waals surface area contributed by atoms with Crippen LogP contribution in [0.15, 0.2) is 22.7 Å². The number of carbonyl (C=O) groups is 1. The number of rotatable bonds is 4. The number of aromatic carboxylic acids is 1. The fraction of sp³-hybridized carbons (Fsp3) is 0.500. The standard InChI is InChI=1S/C14H17BrO5S/c1-21(18,19)11-4-2-3-10(8-11)20-13-6-5-9(14(16)17)7-12(13)15/h5-7,10-11H,2-4,8H2,1H3,(H,16,17). The summed E-state index contributed by atoms with van der Waals surface area (Å²) in [4.78, 5) is 10.9. The van der Waals surface area contributed by atoms with E-state index in [4.69, 9.17) is 9.84 Å². The number of carboxylic acid groups (broad SMARTS) is 1. The molecule has 0 saturated heterocycles. The first-order chi connectivity index (χ1) is 9.77. The highest BCUT2D eigenvalue weighted by molar-refractivity contribution is 9.10. The van der Waals surface area contributed by atoms with Gasteiger partial charge in [0.15, 0.2) is 0 Å². The summed E-state index contributed by atoms with van der Waals surface area (Å²) in [5.74, 6) is -0.462. The molecule has 0 aliphatic heterocycles. The van der Waals surface area contributed by atoms with Gasteiger partial charge < -0.3 is 9.84 Å². The number of benzene rings is 1. The minimum atomic E-state index is -3.05. The van der Waals surface area contributed by atoms with Crippen LogP contribution in [0.1, 0.15) is 36.0 Å². The lowest BCUT2D eigenvalue weighted by Crippen LogP contribution is -2.33. The molecule has 0 amide bonds. The Morgan fingerprint density at radius 2 is 2.10 bits per heavy atom. The van der Waals surface area contributed by atoms with Gasteiger partial charge in [0, 0.05) is 12.7 Å². The van der Waals surface area contributed by atoms with E-state index in [1.54, 1.807) is 6.07 Å². The van der Waals surface area contributed by atoms with Crippen LogP contribution in [0.25, 0.3) is 0 Å². The van der Waals surface area contributed by atoms with E-state index < -0.39 is 15.8 Å². The van der Waals surface area contributed by atoms with Crippen LogP contribution in [0.3, 0.4) is 0 Å². The van der Waals surface area contributed by atoms with Gasteiger partial charge in [0.2, 0.25) is 0 Å². The van der Waals surface area contributed by atoms with Crippen molar-refractivity contribution in [2.75, 3.05) is 6.26 Å². The first kappa shape index (κ1) is 16.3. The Morgan fingerprint density at radius 1 is 1.38 bits per heavy atom. The molecule has 2 unspecified atom stereocenters. The van der Waals surface area contributed by atoms with E-state index in [0.29, 0.717) is 23.1 Å². The number of hydrogen-bond donors (Lipinski definition) is 1. The van der Waals surface area contributed by atoms with Gasteiger partial charge in [-0.25, -0.2) is 13.2 Å². The molecule has 0 heterocycles. The van der Waals surface area contributed by atoms with Crippen molar-refractivity contribution in [3.63, 3.8) is 0 Å². The second-order valence-electron chi connectivity index (χ2n) is 5.31. The smallest absolute Gasteiger partial charge is 0.335 e. The maximum absolute atomic E-state index is 11.6. The quantitative estimate of drug-likeness (QED) is 0.873. The summed E-state index contributed by atoms with van der Waals surface area (Å²) in [5.41, 5.74) is 0.173. The van der Waals surface area contributed by atoms with Crippen molar-refractivity contribution < 1.29 is 23.1 Å². The highest BCUT2D eigenvalue weighted by atomic mass is 79.9. The summed E-state index contributed by atoms with van der Waals surface area (Å²) in [6, 6.07) is 4.55. The molecule has 2 rings (SSSR count). The highest BCUT2D eigenvalue weighted by Gasteiger charge is 2.30. The molecule has 2 atom stereocenters. The zero-order valence-electron chi connectivity index (χ0n) is 11.6. The van der Waals surface area contributed by atoms with E-state index in [1.165, 1.54) is 18.4 Å². The average Bonchev–Trinajstić information content (AvgIpc) is 2.40. The van der Waals surface area contributed by atoms with Crippen LogP contribution in [-0.4, -0.2) is 37.1 Å². The molecular weight excluding hydrogens is 360 g/mol. The Labute approximate surface area is 132 Å². The van der Waals surface area contributed by atoms with Gasteiger partial charge in [-0.1, -0.05) is 0 Å². The molecule has 0 bridgehead atoms. The molecule has 21 heavy (non-hydrogen) atoms. The SMILES string of the molecule is CS(=O)(=O)C1CCCC(Oc2ccc(C(=O)O)cc2Br)C1. The summed E-state index contributed by atoms with van der Waals surface area (Å²) in [5, 5.41) is 8.56. The molecule has 0 aromatic heterocycles. The number of hydrogen-bond acceptors (Lipinski definition) is 4. The van der Waals surface area contributed by atoms with Gasteiger partial charge in [-0.3, -0.25) is 0 Å². The minimum Gasteiger partial charge on any atom is -0.489 e. The largest absolute Gasteiger partial charge is 0.489 e. The molecule has 1 aromatic rings. The fourth-order valence-corrected chi connectivity index (χ4v) is 4.14. The molecule has 1 fully saturated rings. The van der Waals surface area contributed by atoms with Gasteiger partial charge in [-0.05, 0) is 53.4 Å². The third kappa shape index (κ3) is 4.20. The van der Waals surface area contributed by atoms with Crippen LogP contribution < -0.4 is 4.74 Å². The zero-order chi connectivity index (χ0) is 15.6. The summed E-state index contributed by atoms with van der Waals surface area (Å²) in [6.45, 7) is 0. The number of carboxylic acids is 1. The zero-order valence-corrected chi connectivity index (χ0v) is 14.0. The number of halogens is 1. The molecule has 116 valence electrons. The van der Waals surface area contributed by atoms with Crippen molar-refractivity contribution in [1.82, 2.24) is 0 Å². The van der Waals surface area contributed by atoms with E-state index >= 15 is 0 Å². The molecule has 1 aliphatic carbocycles. The third-order valence-electron chi connectivity index (χ3n) is 3.66. The summed E-state index contributed by atoms with van der Waals surface area (Å²) in [6.07, 6.45) is 3.87. The molecule has 0 radical (unpaired) electrons. The summed E-state index contributed by atoms with van der Waals surface area (Å²) in [7, 11) is -3.05. The second kappa shape index (κ2) is 6.36. The van der Waals surface area contributed by atoms with Gasteiger partial charge in [0.1, 0.15) is 21.7 Å². The summed E-state index contributed by atoms with van der Waals surface area (Å²) < 4.78 is 29.7. The van der Waals surface area contributed by atoms with E-state index in [9.17, 15) is 13.2 Å². The molecule has 0 spiro atoms. The Bertz CT molecular complexity index is 641. The molecule has 1 N–H and O–H groups in total. The van der Waals surface area contributed by atoms with Crippen molar-refractivity contribution in [1.29, 1.82) is 0 Å². The van der Waals surface area contributed by atoms with Crippen LogP contribution >= 0.6 is 15.9 Å². The van der Waals surface area contributed by atoms with Gasteiger partial charge in [-0.2, -0.15) is 0 Å². The van der Waals surface area contributed by atoms with Crippen molar-refractivity contribution >= 4 is 31.7 Å². The lowest BCUT2D eigenvalue weighted by Gasteiger charge is -2.28. The van der Waals surface area contributed by atoms with Crippen molar-refractivity contribution in [3.05, 3.63) is 28.2 Å². The van der Waals surface area contributed by atoms with Crippen LogP contribution in [0.2, 0.25) is 0 Å². The van der Waals surface area contributed by atoms with Gasteiger partial charge >= 0.3 is 5.97 Å². The Kier molecular flexibility index (Phi) is 4.93. The van der Waals surface area contributed by atoms with Crippen LogP contribution in [-0.2, 0) is 9.84 Å². The highest BCUT2D eigenvalue weighted by Crippen LogP contribution is 2.31. The van der Waals surface area contributed by atoms with E-state index in [-0.39, 0.29) is 16.9 Å². The van der Waals surface area contributed by atoms with Gasteiger partial charge in [-0.15, -0.1) is 0 Å². The summed E-state index contributed by atoms with van der Waals surface area (Å²) >= 11 is 3.29. The molecule has 5 nitrogen and oxygen atoms in total. The predicted molar refractivity (Wildman–Crippen MR) is 82.6 cm³/mol. The number of ether oxygens (including phenoxy) is 1. The van der Waals surface area contributed by atoms with Gasteiger partial charge in [0.05, 0.1) is 15.3 Å². The molecule has 1 aromatic carbocycles. The lowest BCUT2D eigenvalue weighted by atomic mass is 9.97. The fourth-order valence-electron chi connectivity index (χ4n) is 2.51. The third-order valence-corrected chi connectivity index (χ3v) is 5.91. The first-order valence-corrected chi connectivity index (χ1v) is 9.40. The molecular formula is C14H17BrO5S. The number of sulfone groups is 1.